The molecular weight excluding hydrogens is 277 g/mol. The third kappa shape index (κ3) is 2.85. The van der Waals surface area contributed by atoms with Crippen LogP contribution in [-0.4, -0.2) is 19.0 Å². The molecule has 0 bridgehead atoms. The molecule has 0 saturated heterocycles. The first-order valence-corrected chi connectivity index (χ1v) is 5.47. The van der Waals surface area contributed by atoms with Crippen molar-refractivity contribution in [1.29, 1.82) is 0 Å². The Morgan fingerprint density at radius 1 is 1.56 bits per heavy atom. The number of nitrogens with one attached hydrogen (secondary N) is 2. The van der Waals surface area contributed by atoms with Gasteiger partial charge in [0.2, 0.25) is 5.91 Å². The minimum atomic E-state index is -0.479. The smallest absolute Gasteiger partial charge is 0.241 e. The van der Waals surface area contributed by atoms with E-state index in [4.69, 9.17) is 5.73 Å². The van der Waals surface area contributed by atoms with E-state index in [0.29, 0.717) is 15.8 Å². The molecule has 0 spiro atoms. The Kier molecular flexibility index (Phi) is 4.12. The standard InChI is InChI=1S/C10H13BrFN3O/c1-5(10(16)14-2)15-9-4-7(12)6(11)3-8(9)13/h3-5,15H,13H2,1-2H3,(H,14,16). The van der Waals surface area contributed by atoms with Crippen molar-refractivity contribution >= 4 is 33.2 Å². The van der Waals surface area contributed by atoms with Crippen LogP contribution in [0.25, 0.3) is 0 Å². The van der Waals surface area contributed by atoms with Gasteiger partial charge in [-0.3, -0.25) is 4.79 Å². The molecule has 0 fully saturated rings. The van der Waals surface area contributed by atoms with Gasteiger partial charge in [0, 0.05) is 13.1 Å². The van der Waals surface area contributed by atoms with E-state index in [1.54, 1.807) is 6.92 Å². The second kappa shape index (κ2) is 5.16. The molecular formula is C10H13BrFN3O. The van der Waals surface area contributed by atoms with Crippen LogP contribution in [0, 0.1) is 5.82 Å². The summed E-state index contributed by atoms with van der Waals surface area (Å²) in [5.74, 6) is -0.622. The van der Waals surface area contributed by atoms with Crippen molar-refractivity contribution < 1.29 is 9.18 Å². The predicted octanol–water partition coefficient (Wildman–Crippen LogP) is 1.72. The average molecular weight is 290 g/mol. The fourth-order valence-corrected chi connectivity index (χ4v) is 1.56. The van der Waals surface area contributed by atoms with Gasteiger partial charge < -0.3 is 16.4 Å². The molecule has 1 atom stereocenters. The number of likely N-dealkylation sites (N-methyl/N-ethyl adjacent to an activating group) is 1. The number of carbonyl (C=O) groups is 1. The van der Waals surface area contributed by atoms with Crippen LogP contribution in [0.3, 0.4) is 0 Å². The van der Waals surface area contributed by atoms with Crippen LogP contribution in [0.15, 0.2) is 16.6 Å². The molecule has 1 aromatic rings. The molecule has 0 heterocycles. The molecule has 1 amide bonds. The molecule has 1 aromatic carbocycles. The lowest BCUT2D eigenvalue weighted by Gasteiger charge is -2.15. The first-order chi connectivity index (χ1) is 7.45. The zero-order chi connectivity index (χ0) is 12.3. The second-order valence-electron chi connectivity index (χ2n) is 3.33. The Balaban J connectivity index is 2.89. The number of anilines is 2. The normalized spacial score (nSPS) is 12.0. The fourth-order valence-electron chi connectivity index (χ4n) is 1.20. The van der Waals surface area contributed by atoms with Crippen LogP contribution in [0.2, 0.25) is 0 Å². The highest BCUT2D eigenvalue weighted by Crippen LogP contribution is 2.26. The molecule has 4 N–H and O–H groups in total. The third-order valence-corrected chi connectivity index (χ3v) is 2.71. The van der Waals surface area contributed by atoms with E-state index >= 15 is 0 Å². The summed E-state index contributed by atoms with van der Waals surface area (Å²) in [4.78, 5) is 11.3. The molecule has 0 saturated carbocycles. The SMILES string of the molecule is CNC(=O)C(C)Nc1cc(F)c(Br)cc1N. The zero-order valence-corrected chi connectivity index (χ0v) is 10.6. The van der Waals surface area contributed by atoms with E-state index in [0.717, 1.165) is 0 Å². The monoisotopic (exact) mass is 289 g/mol. The Labute approximate surface area is 102 Å². The lowest BCUT2D eigenvalue weighted by molar-refractivity contribution is -0.121. The first-order valence-electron chi connectivity index (χ1n) is 4.68. The van der Waals surface area contributed by atoms with Crippen LogP contribution < -0.4 is 16.4 Å². The molecule has 0 aliphatic rings. The summed E-state index contributed by atoms with van der Waals surface area (Å²) in [6.07, 6.45) is 0. The minimum absolute atomic E-state index is 0.192. The van der Waals surface area contributed by atoms with E-state index < -0.39 is 11.9 Å². The van der Waals surface area contributed by atoms with Crippen LogP contribution >= 0.6 is 15.9 Å². The summed E-state index contributed by atoms with van der Waals surface area (Å²) in [6.45, 7) is 1.66. The Morgan fingerprint density at radius 3 is 2.75 bits per heavy atom. The van der Waals surface area contributed by atoms with Crippen LogP contribution in [0.4, 0.5) is 15.8 Å². The van der Waals surface area contributed by atoms with Crippen molar-refractivity contribution in [1.82, 2.24) is 5.32 Å². The van der Waals surface area contributed by atoms with Gasteiger partial charge in [-0.05, 0) is 28.9 Å². The fraction of sp³-hybridized carbons (Fsp3) is 0.300. The highest BCUT2D eigenvalue weighted by molar-refractivity contribution is 9.10. The van der Waals surface area contributed by atoms with Gasteiger partial charge in [-0.2, -0.15) is 0 Å². The lowest BCUT2D eigenvalue weighted by Crippen LogP contribution is -2.35. The molecule has 4 nitrogen and oxygen atoms in total. The van der Waals surface area contributed by atoms with Crippen molar-refractivity contribution in [3.05, 3.63) is 22.4 Å². The van der Waals surface area contributed by atoms with E-state index in [2.05, 4.69) is 26.6 Å². The highest BCUT2D eigenvalue weighted by Gasteiger charge is 2.13. The van der Waals surface area contributed by atoms with E-state index in [1.165, 1.54) is 19.2 Å². The Bertz CT molecular complexity index is 411. The van der Waals surface area contributed by atoms with E-state index in [-0.39, 0.29) is 5.91 Å². The lowest BCUT2D eigenvalue weighted by atomic mass is 10.2. The Hall–Kier alpha value is -1.30. The number of hydrogen-bond donors (Lipinski definition) is 3. The van der Waals surface area contributed by atoms with Gasteiger partial charge in [-0.25, -0.2) is 4.39 Å². The molecule has 1 rings (SSSR count). The van der Waals surface area contributed by atoms with Crippen molar-refractivity contribution in [2.75, 3.05) is 18.1 Å². The molecule has 0 radical (unpaired) electrons. The number of halogens is 2. The number of amides is 1. The van der Waals surface area contributed by atoms with Gasteiger partial charge in [0.15, 0.2) is 0 Å². The summed E-state index contributed by atoms with van der Waals surface area (Å²) in [6, 6.07) is 2.22. The summed E-state index contributed by atoms with van der Waals surface area (Å²) in [5, 5.41) is 5.32. The van der Waals surface area contributed by atoms with Crippen LogP contribution in [0.1, 0.15) is 6.92 Å². The quantitative estimate of drug-likeness (QED) is 0.742. The topological polar surface area (TPSA) is 67.2 Å². The average Bonchev–Trinajstić information content (AvgIpc) is 2.24. The minimum Gasteiger partial charge on any atom is -0.397 e. The van der Waals surface area contributed by atoms with Crippen molar-refractivity contribution in [2.45, 2.75) is 13.0 Å². The molecule has 88 valence electrons. The summed E-state index contributed by atoms with van der Waals surface area (Å²) < 4.78 is 13.5. The number of nitrogens with two attached hydrogens (primary N) is 1. The van der Waals surface area contributed by atoms with Gasteiger partial charge in [-0.15, -0.1) is 0 Å². The van der Waals surface area contributed by atoms with Gasteiger partial charge in [0.05, 0.1) is 15.8 Å². The first kappa shape index (κ1) is 12.8. The summed E-state index contributed by atoms with van der Waals surface area (Å²) in [7, 11) is 1.53. The second-order valence-corrected chi connectivity index (χ2v) is 4.19. The molecule has 0 aliphatic carbocycles. The molecule has 16 heavy (non-hydrogen) atoms. The maximum atomic E-state index is 13.2. The molecule has 0 aromatic heterocycles. The zero-order valence-electron chi connectivity index (χ0n) is 8.97. The van der Waals surface area contributed by atoms with Crippen molar-refractivity contribution in [3.63, 3.8) is 0 Å². The number of benzene rings is 1. The van der Waals surface area contributed by atoms with E-state index in [1.807, 2.05) is 0 Å². The molecule has 6 heteroatoms. The van der Waals surface area contributed by atoms with Crippen LogP contribution in [0.5, 0.6) is 0 Å². The number of carbonyl (C=O) groups excluding carboxylic acids is 1. The van der Waals surface area contributed by atoms with E-state index in [9.17, 15) is 9.18 Å². The van der Waals surface area contributed by atoms with Gasteiger partial charge in [-0.1, -0.05) is 0 Å². The summed E-state index contributed by atoms with van der Waals surface area (Å²) in [5.41, 5.74) is 6.47. The van der Waals surface area contributed by atoms with Crippen molar-refractivity contribution in [2.24, 2.45) is 0 Å². The van der Waals surface area contributed by atoms with Crippen LogP contribution in [-0.2, 0) is 4.79 Å². The third-order valence-electron chi connectivity index (χ3n) is 2.10. The van der Waals surface area contributed by atoms with Crippen molar-refractivity contribution in [3.8, 4) is 0 Å². The maximum absolute atomic E-state index is 13.2. The summed E-state index contributed by atoms with van der Waals surface area (Å²) >= 11 is 3.03. The predicted molar refractivity (Wildman–Crippen MR) is 65.7 cm³/mol. The van der Waals surface area contributed by atoms with Gasteiger partial charge >= 0.3 is 0 Å². The number of nitrogen functional groups attached to an aromatic ring is 1. The number of rotatable bonds is 3. The van der Waals surface area contributed by atoms with Gasteiger partial charge in [0.25, 0.3) is 0 Å². The maximum Gasteiger partial charge on any atom is 0.241 e. The molecule has 1 unspecified atom stereocenters. The Morgan fingerprint density at radius 2 is 2.19 bits per heavy atom. The van der Waals surface area contributed by atoms with Gasteiger partial charge in [0.1, 0.15) is 11.9 Å². The highest BCUT2D eigenvalue weighted by atomic mass is 79.9. The number of hydrogen-bond acceptors (Lipinski definition) is 3. The largest absolute Gasteiger partial charge is 0.397 e. The molecule has 0 aliphatic heterocycles.